The Morgan fingerprint density at radius 2 is 1.68 bits per heavy atom. The number of carbonyl (C=O) groups excluding carboxylic acids is 1. The minimum absolute atomic E-state index is 0.259. The van der Waals surface area contributed by atoms with Crippen LogP contribution < -0.4 is 10.2 Å². The van der Waals surface area contributed by atoms with Gasteiger partial charge in [-0.15, -0.1) is 0 Å². The molecule has 1 amide bonds. The van der Waals surface area contributed by atoms with Crippen molar-refractivity contribution < 1.29 is 9.18 Å². The minimum atomic E-state index is -0.449. The van der Waals surface area contributed by atoms with Crippen LogP contribution in [0.2, 0.25) is 10.0 Å². The van der Waals surface area contributed by atoms with Crippen LogP contribution in [0, 0.1) is 5.82 Å². The first-order chi connectivity index (χ1) is 15.0. The quantitative estimate of drug-likeness (QED) is 0.532. The second-order valence-electron chi connectivity index (χ2n) is 7.49. The van der Waals surface area contributed by atoms with Gasteiger partial charge in [-0.3, -0.25) is 9.69 Å². The summed E-state index contributed by atoms with van der Waals surface area (Å²) in [7, 11) is 0. The molecule has 1 fully saturated rings. The number of nitrogens with zero attached hydrogens (tertiary/aromatic N) is 2. The van der Waals surface area contributed by atoms with E-state index < -0.39 is 5.82 Å². The van der Waals surface area contributed by atoms with E-state index in [4.69, 9.17) is 23.2 Å². The van der Waals surface area contributed by atoms with Gasteiger partial charge in [-0.25, -0.2) is 4.39 Å². The largest absolute Gasteiger partial charge is 0.368 e. The Labute approximate surface area is 191 Å². The zero-order valence-corrected chi connectivity index (χ0v) is 18.3. The Kier molecular flexibility index (Phi) is 6.76. The number of hydrogen-bond acceptors (Lipinski definition) is 3. The Morgan fingerprint density at radius 1 is 0.903 bits per heavy atom. The molecule has 0 radical (unpaired) electrons. The van der Waals surface area contributed by atoms with E-state index >= 15 is 0 Å². The van der Waals surface area contributed by atoms with Crippen LogP contribution in [-0.4, -0.2) is 37.0 Å². The SMILES string of the molecule is O=C(Nc1ccc(N2CCN(Cc3ccccc3Cl)CC2)c(Cl)c1)c1cccc(F)c1. The standard InChI is InChI=1S/C24H22Cl2FN3O/c25-21-7-2-1-4-18(21)16-29-10-12-30(13-11-29)23-9-8-20(15-22(23)26)28-24(31)17-5-3-6-19(27)14-17/h1-9,14-15H,10-13,16H2,(H,28,31). The van der Waals surface area contributed by atoms with E-state index in [-0.39, 0.29) is 11.5 Å². The van der Waals surface area contributed by atoms with Gasteiger partial charge < -0.3 is 10.2 Å². The summed E-state index contributed by atoms with van der Waals surface area (Å²) in [5, 5.41) is 4.13. The number of benzene rings is 3. The molecule has 1 aliphatic rings. The highest BCUT2D eigenvalue weighted by Gasteiger charge is 2.20. The van der Waals surface area contributed by atoms with Crippen molar-refractivity contribution in [1.29, 1.82) is 0 Å². The molecule has 0 saturated carbocycles. The first kappa shape index (κ1) is 21.6. The molecule has 31 heavy (non-hydrogen) atoms. The summed E-state index contributed by atoms with van der Waals surface area (Å²) in [5.74, 6) is -0.828. The number of rotatable bonds is 5. The van der Waals surface area contributed by atoms with Crippen LogP contribution in [0.1, 0.15) is 15.9 Å². The van der Waals surface area contributed by atoms with E-state index in [1.54, 1.807) is 12.1 Å². The fourth-order valence-electron chi connectivity index (χ4n) is 3.69. The van der Waals surface area contributed by atoms with E-state index in [9.17, 15) is 9.18 Å². The van der Waals surface area contributed by atoms with Gasteiger partial charge >= 0.3 is 0 Å². The topological polar surface area (TPSA) is 35.6 Å². The molecule has 4 rings (SSSR count). The average Bonchev–Trinajstić information content (AvgIpc) is 2.76. The van der Waals surface area contributed by atoms with Gasteiger partial charge in [-0.2, -0.15) is 0 Å². The van der Waals surface area contributed by atoms with Gasteiger partial charge in [0, 0.05) is 49.0 Å². The first-order valence-electron chi connectivity index (χ1n) is 10.1. The molecule has 4 nitrogen and oxygen atoms in total. The summed E-state index contributed by atoms with van der Waals surface area (Å²) in [6, 6.07) is 18.9. The number of amides is 1. The molecule has 0 bridgehead atoms. The fraction of sp³-hybridized carbons (Fsp3) is 0.208. The Balaban J connectivity index is 1.36. The average molecular weight is 458 g/mol. The van der Waals surface area contributed by atoms with Gasteiger partial charge in [0.2, 0.25) is 0 Å². The predicted molar refractivity (Wildman–Crippen MR) is 125 cm³/mol. The summed E-state index contributed by atoms with van der Waals surface area (Å²) in [6.07, 6.45) is 0. The highest BCUT2D eigenvalue weighted by atomic mass is 35.5. The maximum Gasteiger partial charge on any atom is 0.255 e. The molecule has 0 aliphatic carbocycles. The lowest BCUT2D eigenvalue weighted by Gasteiger charge is -2.36. The van der Waals surface area contributed by atoms with Gasteiger partial charge in [0.25, 0.3) is 5.91 Å². The summed E-state index contributed by atoms with van der Waals surface area (Å²) < 4.78 is 13.3. The van der Waals surface area contributed by atoms with Gasteiger partial charge in [0.15, 0.2) is 0 Å². The minimum Gasteiger partial charge on any atom is -0.368 e. The molecule has 7 heteroatoms. The molecule has 0 atom stereocenters. The van der Waals surface area contributed by atoms with Crippen molar-refractivity contribution in [3.8, 4) is 0 Å². The summed E-state index contributed by atoms with van der Waals surface area (Å²) in [6.45, 7) is 4.32. The number of carbonyl (C=O) groups is 1. The molecule has 1 aliphatic heterocycles. The fourth-order valence-corrected chi connectivity index (χ4v) is 4.18. The van der Waals surface area contributed by atoms with Gasteiger partial charge in [-0.05, 0) is 48.0 Å². The highest BCUT2D eigenvalue weighted by Crippen LogP contribution is 2.30. The molecule has 3 aromatic rings. The third-order valence-electron chi connectivity index (χ3n) is 5.36. The van der Waals surface area contributed by atoms with Gasteiger partial charge in [-0.1, -0.05) is 47.5 Å². The molecular weight excluding hydrogens is 436 g/mol. The molecule has 3 aromatic carbocycles. The summed E-state index contributed by atoms with van der Waals surface area (Å²) in [4.78, 5) is 16.9. The smallest absolute Gasteiger partial charge is 0.255 e. The van der Waals surface area contributed by atoms with Crippen molar-refractivity contribution in [2.45, 2.75) is 6.54 Å². The number of anilines is 2. The maximum atomic E-state index is 13.3. The summed E-state index contributed by atoms with van der Waals surface area (Å²) in [5.41, 5.74) is 2.90. The lowest BCUT2D eigenvalue weighted by atomic mass is 10.1. The number of hydrogen-bond donors (Lipinski definition) is 1. The maximum absolute atomic E-state index is 13.3. The molecule has 0 aromatic heterocycles. The van der Waals surface area contributed by atoms with Crippen LogP contribution in [-0.2, 0) is 6.54 Å². The normalized spacial score (nSPS) is 14.5. The lowest BCUT2D eigenvalue weighted by Crippen LogP contribution is -2.46. The molecule has 0 unspecified atom stereocenters. The van der Waals surface area contributed by atoms with Crippen molar-refractivity contribution >= 4 is 40.5 Å². The van der Waals surface area contributed by atoms with E-state index in [0.29, 0.717) is 10.7 Å². The Bertz CT molecular complexity index is 1080. The molecule has 1 saturated heterocycles. The molecule has 160 valence electrons. The molecule has 1 heterocycles. The lowest BCUT2D eigenvalue weighted by molar-refractivity contribution is 0.102. The second kappa shape index (κ2) is 9.69. The molecule has 0 spiro atoms. The van der Waals surface area contributed by atoms with Crippen molar-refractivity contribution in [2.24, 2.45) is 0 Å². The monoisotopic (exact) mass is 457 g/mol. The molecule has 1 N–H and O–H groups in total. The van der Waals surface area contributed by atoms with Crippen molar-refractivity contribution in [3.63, 3.8) is 0 Å². The number of piperazine rings is 1. The third kappa shape index (κ3) is 5.37. The van der Waals surface area contributed by atoms with Crippen LogP contribution in [0.5, 0.6) is 0 Å². The van der Waals surface area contributed by atoms with Crippen LogP contribution in [0.4, 0.5) is 15.8 Å². The Hall–Kier alpha value is -2.60. The Morgan fingerprint density at radius 3 is 2.39 bits per heavy atom. The van der Waals surface area contributed by atoms with Crippen molar-refractivity contribution in [2.75, 3.05) is 36.4 Å². The predicted octanol–water partition coefficient (Wildman–Crippen LogP) is 5.71. The van der Waals surface area contributed by atoms with E-state index in [1.807, 2.05) is 30.3 Å². The van der Waals surface area contributed by atoms with Crippen LogP contribution in [0.25, 0.3) is 0 Å². The molecular formula is C24H22Cl2FN3O. The third-order valence-corrected chi connectivity index (χ3v) is 6.03. The van der Waals surface area contributed by atoms with Crippen LogP contribution in [0.3, 0.4) is 0 Å². The highest BCUT2D eigenvalue weighted by molar-refractivity contribution is 6.33. The van der Waals surface area contributed by atoms with E-state index in [0.717, 1.165) is 49.0 Å². The zero-order chi connectivity index (χ0) is 21.8. The van der Waals surface area contributed by atoms with E-state index in [2.05, 4.69) is 21.2 Å². The van der Waals surface area contributed by atoms with Gasteiger partial charge in [0.05, 0.1) is 10.7 Å². The zero-order valence-electron chi connectivity index (χ0n) is 16.8. The summed E-state index contributed by atoms with van der Waals surface area (Å²) >= 11 is 12.8. The van der Waals surface area contributed by atoms with Crippen molar-refractivity contribution in [1.82, 2.24) is 4.90 Å². The van der Waals surface area contributed by atoms with E-state index in [1.165, 1.54) is 18.2 Å². The number of nitrogens with one attached hydrogen (secondary N) is 1. The van der Waals surface area contributed by atoms with Gasteiger partial charge in [0.1, 0.15) is 5.82 Å². The van der Waals surface area contributed by atoms with Crippen molar-refractivity contribution in [3.05, 3.63) is 93.7 Å². The van der Waals surface area contributed by atoms with Crippen LogP contribution >= 0.6 is 23.2 Å². The first-order valence-corrected chi connectivity index (χ1v) is 10.8. The second-order valence-corrected chi connectivity index (χ2v) is 8.30. The number of halogens is 3. The van der Waals surface area contributed by atoms with Crippen LogP contribution in [0.15, 0.2) is 66.7 Å².